The number of hydrogen-bond acceptors (Lipinski definition) is 6. The molecule has 2 N–H and O–H groups in total. The van der Waals surface area contributed by atoms with Gasteiger partial charge in [-0.25, -0.2) is 10.3 Å². The van der Waals surface area contributed by atoms with Gasteiger partial charge in [-0.1, -0.05) is 12.1 Å². The second-order valence-electron chi connectivity index (χ2n) is 6.44. The molecule has 4 rings (SSSR count). The van der Waals surface area contributed by atoms with Gasteiger partial charge in [-0.05, 0) is 24.3 Å². The number of urea groups is 1. The van der Waals surface area contributed by atoms with Crippen molar-refractivity contribution in [3.63, 3.8) is 0 Å². The Morgan fingerprint density at radius 2 is 1.72 bits per heavy atom. The Morgan fingerprint density at radius 1 is 1.00 bits per heavy atom. The van der Waals surface area contributed by atoms with Gasteiger partial charge in [0, 0.05) is 36.6 Å². The molecule has 0 unspecified atom stereocenters. The quantitative estimate of drug-likeness (QED) is 0.556. The van der Waals surface area contributed by atoms with Gasteiger partial charge in [-0.2, -0.15) is 0 Å². The van der Waals surface area contributed by atoms with E-state index in [1.54, 1.807) is 45.9 Å². The molecule has 29 heavy (non-hydrogen) atoms. The Balaban J connectivity index is 0.000000343. The second kappa shape index (κ2) is 10.4. The third-order valence-electron chi connectivity index (χ3n) is 4.53. The zero-order chi connectivity index (χ0) is 20.5. The largest absolute Gasteiger partial charge is 0.491 e. The van der Waals surface area contributed by atoms with Crippen molar-refractivity contribution < 1.29 is 24.3 Å². The minimum atomic E-state index is -0.595. The number of fused-ring (bicyclic) bond motifs is 1. The van der Waals surface area contributed by atoms with Gasteiger partial charge in [-0.15, -0.1) is 0 Å². The fraction of sp³-hybridized carbons (Fsp3) is 0.350. The maximum atomic E-state index is 12.6. The molecule has 0 saturated carbocycles. The number of ether oxygens (including phenoxy) is 2. The summed E-state index contributed by atoms with van der Waals surface area (Å²) in [5.41, 5.74) is 2.73. The van der Waals surface area contributed by atoms with Crippen LogP contribution >= 0.6 is 0 Å². The molecule has 1 aromatic carbocycles. The Morgan fingerprint density at radius 3 is 2.34 bits per heavy atom. The van der Waals surface area contributed by atoms with Crippen LogP contribution in [-0.2, 0) is 11.3 Å². The van der Waals surface area contributed by atoms with E-state index in [0.29, 0.717) is 57.3 Å². The first-order valence-corrected chi connectivity index (χ1v) is 9.36. The minimum Gasteiger partial charge on any atom is -0.491 e. The van der Waals surface area contributed by atoms with Gasteiger partial charge in [0.25, 0.3) is 5.91 Å². The number of hydroxylamine groups is 1. The highest BCUT2D eigenvalue weighted by Crippen LogP contribution is 2.25. The van der Waals surface area contributed by atoms with Crippen LogP contribution in [0.25, 0.3) is 0 Å². The second-order valence-corrected chi connectivity index (χ2v) is 6.44. The number of benzene rings is 1. The molecule has 9 nitrogen and oxygen atoms in total. The predicted octanol–water partition coefficient (Wildman–Crippen LogP) is 1.53. The van der Waals surface area contributed by atoms with Gasteiger partial charge in [-0.3, -0.25) is 15.0 Å². The summed E-state index contributed by atoms with van der Waals surface area (Å²) in [6, 6.07) is 10.6. The van der Waals surface area contributed by atoms with Crippen LogP contribution < -0.4 is 10.2 Å². The van der Waals surface area contributed by atoms with E-state index in [0.717, 1.165) is 5.56 Å². The van der Waals surface area contributed by atoms with Crippen LogP contribution in [0, 0.1) is 0 Å². The first kappa shape index (κ1) is 20.6. The highest BCUT2D eigenvalue weighted by molar-refractivity contribution is 5.93. The maximum Gasteiger partial charge on any atom is 0.320 e. The highest BCUT2D eigenvalue weighted by Gasteiger charge is 2.26. The van der Waals surface area contributed by atoms with Crippen LogP contribution in [-0.4, -0.2) is 71.4 Å². The van der Waals surface area contributed by atoms with E-state index in [1.165, 1.54) is 0 Å². The molecule has 0 bridgehead atoms. The number of carbonyl (C=O) groups excluding carboxylic acids is 2. The summed E-state index contributed by atoms with van der Waals surface area (Å²) in [6.07, 6.45) is 3.50. The van der Waals surface area contributed by atoms with Crippen LogP contribution in [0.5, 0.6) is 5.75 Å². The summed E-state index contributed by atoms with van der Waals surface area (Å²) in [5.74, 6) is -0.0368. The molecule has 1 aromatic heterocycles. The van der Waals surface area contributed by atoms with Crippen molar-refractivity contribution in [1.82, 2.24) is 20.3 Å². The predicted molar refractivity (Wildman–Crippen MR) is 104 cm³/mol. The van der Waals surface area contributed by atoms with Crippen LogP contribution in [0.2, 0.25) is 0 Å². The Labute approximate surface area is 168 Å². The zero-order valence-corrected chi connectivity index (χ0v) is 16.0. The molecule has 2 aliphatic heterocycles. The summed E-state index contributed by atoms with van der Waals surface area (Å²) in [7, 11) is 0. The molecule has 0 aliphatic carbocycles. The van der Waals surface area contributed by atoms with Gasteiger partial charge < -0.3 is 19.3 Å². The lowest BCUT2D eigenvalue weighted by Crippen LogP contribution is -2.48. The molecular formula is C20H24N4O5. The van der Waals surface area contributed by atoms with E-state index in [4.69, 9.17) is 14.7 Å². The average molecular weight is 400 g/mol. The number of morpholine rings is 1. The van der Waals surface area contributed by atoms with Crippen molar-refractivity contribution >= 4 is 11.9 Å². The summed E-state index contributed by atoms with van der Waals surface area (Å²) >= 11 is 0. The van der Waals surface area contributed by atoms with Gasteiger partial charge >= 0.3 is 6.03 Å². The van der Waals surface area contributed by atoms with Crippen LogP contribution in [0.15, 0.2) is 48.8 Å². The Bertz CT molecular complexity index is 785. The molecule has 154 valence electrons. The normalized spacial score (nSPS) is 15.8. The van der Waals surface area contributed by atoms with Gasteiger partial charge in [0.15, 0.2) is 0 Å². The molecule has 0 radical (unpaired) electrons. The zero-order valence-electron chi connectivity index (χ0n) is 16.0. The first-order chi connectivity index (χ1) is 14.2. The van der Waals surface area contributed by atoms with Gasteiger partial charge in [0.1, 0.15) is 12.4 Å². The number of pyridine rings is 1. The molecule has 0 spiro atoms. The number of hydrogen-bond donors (Lipinski definition) is 2. The van der Waals surface area contributed by atoms with E-state index >= 15 is 0 Å². The number of nitrogens with one attached hydrogen (secondary N) is 1. The SMILES string of the molecule is O=C(NO)c1ccc2c(c1)OCCN(C(=O)N1CCOCC1)C2.c1ccncc1. The van der Waals surface area contributed by atoms with Crippen molar-refractivity contribution in [2.45, 2.75) is 6.54 Å². The summed E-state index contributed by atoms with van der Waals surface area (Å²) in [6.45, 7) is 3.57. The lowest BCUT2D eigenvalue weighted by atomic mass is 10.1. The molecule has 3 heterocycles. The fourth-order valence-corrected chi connectivity index (χ4v) is 3.01. The van der Waals surface area contributed by atoms with Crippen LogP contribution in [0.1, 0.15) is 15.9 Å². The average Bonchev–Trinajstić information content (AvgIpc) is 3.02. The van der Waals surface area contributed by atoms with E-state index < -0.39 is 5.91 Å². The van der Waals surface area contributed by atoms with Crippen LogP contribution in [0.4, 0.5) is 4.79 Å². The van der Waals surface area contributed by atoms with Crippen LogP contribution in [0.3, 0.4) is 0 Å². The Kier molecular flexibility index (Phi) is 7.37. The lowest BCUT2D eigenvalue weighted by molar-refractivity contribution is 0.0422. The van der Waals surface area contributed by atoms with E-state index in [9.17, 15) is 9.59 Å². The lowest BCUT2D eigenvalue weighted by Gasteiger charge is -2.32. The molecule has 9 heteroatoms. The number of rotatable bonds is 1. The van der Waals surface area contributed by atoms with Crippen molar-refractivity contribution in [3.05, 3.63) is 59.9 Å². The summed E-state index contributed by atoms with van der Waals surface area (Å²) in [4.78, 5) is 31.3. The van der Waals surface area contributed by atoms with Crippen molar-refractivity contribution in [3.8, 4) is 5.75 Å². The Hall–Kier alpha value is -3.17. The molecule has 1 saturated heterocycles. The van der Waals surface area contributed by atoms with Gasteiger partial charge in [0.2, 0.25) is 0 Å². The topological polar surface area (TPSA) is 104 Å². The smallest absolute Gasteiger partial charge is 0.320 e. The fourth-order valence-electron chi connectivity index (χ4n) is 3.01. The molecule has 2 aliphatic rings. The molecule has 0 atom stereocenters. The number of aromatic nitrogens is 1. The monoisotopic (exact) mass is 400 g/mol. The number of amides is 3. The van der Waals surface area contributed by atoms with E-state index in [1.807, 2.05) is 18.2 Å². The molecular weight excluding hydrogens is 376 g/mol. The molecule has 3 amide bonds. The maximum absolute atomic E-state index is 12.6. The first-order valence-electron chi connectivity index (χ1n) is 9.36. The molecule has 1 fully saturated rings. The summed E-state index contributed by atoms with van der Waals surface area (Å²) in [5, 5.41) is 8.70. The number of nitrogens with zero attached hydrogens (tertiary/aromatic N) is 3. The van der Waals surface area contributed by atoms with Crippen molar-refractivity contribution in [2.75, 3.05) is 39.5 Å². The molecule has 2 aromatic rings. The third kappa shape index (κ3) is 5.66. The minimum absolute atomic E-state index is 0.0260. The van der Waals surface area contributed by atoms with E-state index in [-0.39, 0.29) is 6.03 Å². The number of carbonyl (C=O) groups is 2. The summed E-state index contributed by atoms with van der Waals surface area (Å²) < 4.78 is 10.9. The third-order valence-corrected chi connectivity index (χ3v) is 4.53. The van der Waals surface area contributed by atoms with Gasteiger partial charge in [0.05, 0.1) is 26.3 Å². The van der Waals surface area contributed by atoms with E-state index in [2.05, 4.69) is 4.98 Å². The standard InChI is InChI=1S/C15H19N3O5.C5H5N/c19-14(16-21)11-1-2-12-10-18(5-8-23-13(12)9-11)15(20)17-3-6-22-7-4-17;1-2-4-6-5-3-1/h1-2,9,21H,3-8,10H2,(H,16,19);1-5H. The highest BCUT2D eigenvalue weighted by atomic mass is 16.5. The van der Waals surface area contributed by atoms with Crippen molar-refractivity contribution in [2.24, 2.45) is 0 Å². The van der Waals surface area contributed by atoms with Crippen molar-refractivity contribution in [1.29, 1.82) is 0 Å².